The highest BCUT2D eigenvalue weighted by molar-refractivity contribution is 6.83. The summed E-state index contributed by atoms with van der Waals surface area (Å²) < 4.78 is 64.1. The minimum absolute atomic E-state index is 0.131. The molecule has 0 radical (unpaired) electrons. The second-order valence-electron chi connectivity index (χ2n) is 17.1. The number of carbonyl (C=O) groups excluding carboxylic acids is 3. The molecule has 0 aliphatic carbocycles. The predicted octanol–water partition coefficient (Wildman–Crippen LogP) is 5.47. The first kappa shape index (κ1) is 50.7. The second kappa shape index (κ2) is 22.7. The number of benzene rings is 2. The van der Waals surface area contributed by atoms with E-state index in [9.17, 15) is 19.5 Å². The maximum absolute atomic E-state index is 12.7. The van der Waals surface area contributed by atoms with Gasteiger partial charge in [-0.15, -0.1) is 0 Å². The molecule has 350 valence electrons. The van der Waals surface area contributed by atoms with Gasteiger partial charge in [-0.25, -0.2) is 15.0 Å². The van der Waals surface area contributed by atoms with Crippen LogP contribution in [0.3, 0.4) is 0 Å². The number of fused-ring (bicyclic) bond motifs is 1. The number of nitrogens with zero attached hydrogens (tertiary/aromatic N) is 4. The molecule has 0 saturated carbocycles. The van der Waals surface area contributed by atoms with Crippen LogP contribution in [0.4, 0.5) is 5.82 Å². The van der Waals surface area contributed by atoms with Crippen molar-refractivity contribution in [2.24, 2.45) is 5.92 Å². The number of amides is 1. The van der Waals surface area contributed by atoms with Crippen LogP contribution in [0.15, 0.2) is 73.3 Å². The molecule has 1 aliphatic rings. The highest BCUT2D eigenvalue weighted by atomic mass is 28.5. The van der Waals surface area contributed by atoms with Crippen molar-refractivity contribution in [2.45, 2.75) is 104 Å². The molecule has 4 atom stereocenters. The van der Waals surface area contributed by atoms with Crippen molar-refractivity contribution in [1.29, 1.82) is 0 Å². The summed E-state index contributed by atoms with van der Waals surface area (Å²) in [6.45, 7) is 15.8. The van der Waals surface area contributed by atoms with Crippen LogP contribution < -0.4 is 5.32 Å². The number of carbonyl (C=O) groups is 3. The molecule has 2 aromatic carbocycles. The summed E-state index contributed by atoms with van der Waals surface area (Å²) >= 11 is 0. The summed E-state index contributed by atoms with van der Waals surface area (Å²) in [6, 6.07) is 19.4. The van der Waals surface area contributed by atoms with E-state index in [1.807, 2.05) is 99.9 Å². The lowest BCUT2D eigenvalue weighted by Crippen LogP contribution is -2.60. The van der Waals surface area contributed by atoms with E-state index in [0.717, 1.165) is 11.1 Å². The molecule has 2 aromatic heterocycles. The first-order valence-electron chi connectivity index (χ1n) is 21.0. The smallest absolute Gasteiger partial charge is 0.463 e. The van der Waals surface area contributed by atoms with Gasteiger partial charge in [-0.1, -0.05) is 74.5 Å². The zero-order chi connectivity index (χ0) is 46.7. The van der Waals surface area contributed by atoms with Gasteiger partial charge >= 0.3 is 21.0 Å². The lowest BCUT2D eigenvalue weighted by atomic mass is 10.0. The molecule has 1 amide bonds. The SMILES string of the molecule is CC(=O)OCCOC(OCCOC(C)=O)O[C@@H]1[C@H](O)[C@@H](CO[Si](OC(c2ccccc2)c2ccccc2)(O[Si](C)(C)C)O[Si](C)(C)C)O[C@H]1n1cnc2c(NC(=O)C(C)C)ncnc21. The molecule has 0 spiro atoms. The number of anilines is 1. The number of ether oxygens (including phenoxy) is 6. The quantitative estimate of drug-likeness (QED) is 0.0385. The van der Waals surface area contributed by atoms with E-state index in [1.54, 1.807) is 13.8 Å². The maximum Gasteiger partial charge on any atom is 0.659 e. The number of aliphatic hydroxyl groups excluding tert-OH is 1. The van der Waals surface area contributed by atoms with Crippen molar-refractivity contribution >= 4 is 60.5 Å². The number of hydrogen-bond acceptors (Lipinski definition) is 17. The molecular weight excluding hydrogens is 883 g/mol. The van der Waals surface area contributed by atoms with Crippen LogP contribution in [0.25, 0.3) is 11.2 Å². The van der Waals surface area contributed by atoms with Gasteiger partial charge in [0, 0.05) is 19.8 Å². The highest BCUT2D eigenvalue weighted by Crippen LogP contribution is 2.38. The van der Waals surface area contributed by atoms with E-state index >= 15 is 0 Å². The molecule has 1 saturated heterocycles. The third-order valence-corrected chi connectivity index (χ3v) is 17.0. The van der Waals surface area contributed by atoms with Crippen LogP contribution in [0.1, 0.15) is 51.2 Å². The van der Waals surface area contributed by atoms with Gasteiger partial charge < -0.3 is 55.9 Å². The van der Waals surface area contributed by atoms with E-state index in [0.29, 0.717) is 0 Å². The Morgan fingerprint density at radius 3 is 1.84 bits per heavy atom. The number of nitrogens with one attached hydrogen (secondary N) is 1. The van der Waals surface area contributed by atoms with Gasteiger partial charge in [0.1, 0.15) is 44.0 Å². The fraction of sp³-hybridized carbons (Fsp3) is 0.524. The van der Waals surface area contributed by atoms with Gasteiger partial charge in [0.05, 0.1) is 26.1 Å². The van der Waals surface area contributed by atoms with Crippen molar-refractivity contribution in [2.75, 3.05) is 38.4 Å². The Balaban J connectivity index is 1.54. The summed E-state index contributed by atoms with van der Waals surface area (Å²) in [7, 11) is -9.23. The molecule has 2 N–H and O–H groups in total. The summed E-state index contributed by atoms with van der Waals surface area (Å²) in [5.41, 5.74) is 2.20. The molecule has 64 heavy (non-hydrogen) atoms. The summed E-state index contributed by atoms with van der Waals surface area (Å²) in [5, 5.41) is 15.1. The van der Waals surface area contributed by atoms with E-state index in [4.69, 9.17) is 45.5 Å². The van der Waals surface area contributed by atoms with E-state index in [-0.39, 0.29) is 61.8 Å². The molecule has 1 aliphatic heterocycles. The second-order valence-corrected chi connectivity index (χ2v) is 28.7. The number of aliphatic hydroxyl groups is 1. The Labute approximate surface area is 376 Å². The van der Waals surface area contributed by atoms with Crippen LogP contribution >= 0.6 is 0 Å². The van der Waals surface area contributed by atoms with Crippen molar-refractivity contribution in [1.82, 2.24) is 19.5 Å². The summed E-state index contributed by atoms with van der Waals surface area (Å²) in [5.74, 6) is -1.49. The zero-order valence-electron chi connectivity index (χ0n) is 38.0. The summed E-state index contributed by atoms with van der Waals surface area (Å²) in [6.07, 6.45) is -3.00. The number of esters is 2. The van der Waals surface area contributed by atoms with E-state index in [1.165, 1.54) is 31.1 Å². The van der Waals surface area contributed by atoms with Crippen LogP contribution in [-0.2, 0) is 59.9 Å². The third kappa shape index (κ3) is 14.9. The van der Waals surface area contributed by atoms with Crippen LogP contribution in [0.2, 0.25) is 39.3 Å². The molecular formula is C42H61N5O14Si3. The predicted molar refractivity (Wildman–Crippen MR) is 239 cm³/mol. The maximum atomic E-state index is 12.7. The lowest BCUT2D eigenvalue weighted by molar-refractivity contribution is -0.320. The minimum atomic E-state index is -4.19. The van der Waals surface area contributed by atoms with Gasteiger partial charge in [0.2, 0.25) is 5.91 Å². The Morgan fingerprint density at radius 2 is 1.34 bits per heavy atom. The average Bonchev–Trinajstić information content (AvgIpc) is 3.79. The van der Waals surface area contributed by atoms with E-state index in [2.05, 4.69) is 20.3 Å². The zero-order valence-corrected chi connectivity index (χ0v) is 41.0. The minimum Gasteiger partial charge on any atom is -0.463 e. The van der Waals surface area contributed by atoms with Crippen molar-refractivity contribution < 1.29 is 65.0 Å². The number of rotatable bonds is 24. The van der Waals surface area contributed by atoms with Crippen LogP contribution in [0.5, 0.6) is 0 Å². The van der Waals surface area contributed by atoms with Crippen LogP contribution in [-0.4, -0.2) is 126 Å². The highest BCUT2D eigenvalue weighted by Gasteiger charge is 2.56. The van der Waals surface area contributed by atoms with Gasteiger partial charge in [-0.3, -0.25) is 19.0 Å². The van der Waals surface area contributed by atoms with Crippen molar-refractivity contribution in [3.8, 4) is 0 Å². The molecule has 3 heterocycles. The first-order valence-corrected chi connectivity index (χ1v) is 29.5. The first-order chi connectivity index (χ1) is 30.2. The molecule has 19 nitrogen and oxygen atoms in total. The largest absolute Gasteiger partial charge is 0.659 e. The van der Waals surface area contributed by atoms with Gasteiger partial charge in [0.15, 0.2) is 39.8 Å². The Kier molecular flexibility index (Phi) is 18.0. The van der Waals surface area contributed by atoms with Crippen molar-refractivity contribution in [3.05, 3.63) is 84.4 Å². The Hall–Kier alpha value is -4.31. The standard InChI is InChI=1S/C42H61N5O14Si3/c1-28(2)40(51)46-38-34-39(44-26-43-38)47(27-45-34)41-37(58-42(54-23-21-52-29(3)48)55-24-22-53-30(4)49)35(50)33(57-41)25-56-64(60-62(5,6)7,61-63(8,9)10)59-36(31-17-13-11-14-18-31)32-19-15-12-16-20-32/h11-20,26-28,33,35-37,41-42,50H,21-25H2,1-10H3,(H,43,44,46,51)/t33-,35-,37-,41-/m1/s1. The molecule has 0 bridgehead atoms. The molecule has 4 aromatic rings. The number of imidazole rings is 1. The van der Waals surface area contributed by atoms with Crippen LogP contribution in [0, 0.1) is 5.92 Å². The molecule has 0 unspecified atom stereocenters. The number of aromatic nitrogens is 4. The van der Waals surface area contributed by atoms with Gasteiger partial charge in [0.25, 0.3) is 6.48 Å². The molecule has 22 heteroatoms. The fourth-order valence-electron chi connectivity index (χ4n) is 6.36. The van der Waals surface area contributed by atoms with Gasteiger partial charge in [-0.05, 0) is 50.4 Å². The average molecular weight is 944 g/mol. The topological polar surface area (TPSA) is 219 Å². The monoisotopic (exact) mass is 943 g/mol. The Morgan fingerprint density at radius 1 is 0.797 bits per heavy atom. The lowest BCUT2D eigenvalue weighted by Gasteiger charge is -2.40. The molecule has 5 rings (SSSR count). The normalized spacial score (nSPS) is 18.3. The summed E-state index contributed by atoms with van der Waals surface area (Å²) in [4.78, 5) is 48.9. The van der Waals surface area contributed by atoms with Crippen molar-refractivity contribution in [3.63, 3.8) is 0 Å². The fourth-order valence-corrected chi connectivity index (χ4v) is 14.8. The Bertz CT molecular complexity index is 2050. The van der Waals surface area contributed by atoms with Gasteiger partial charge in [-0.2, -0.15) is 0 Å². The third-order valence-electron chi connectivity index (χ3n) is 9.02. The van der Waals surface area contributed by atoms with E-state index < -0.39 is 74.7 Å². The molecule has 1 fully saturated rings. The number of hydrogen-bond donors (Lipinski definition) is 2.